The summed E-state index contributed by atoms with van der Waals surface area (Å²) in [6.07, 6.45) is 2.55. The van der Waals surface area contributed by atoms with Crippen LogP contribution in [0, 0.1) is 12.8 Å². The fourth-order valence-corrected chi connectivity index (χ4v) is 2.73. The van der Waals surface area contributed by atoms with Gasteiger partial charge in [0, 0.05) is 24.8 Å². The Morgan fingerprint density at radius 2 is 2.32 bits per heavy atom. The van der Waals surface area contributed by atoms with E-state index in [1.54, 1.807) is 0 Å². The molecule has 1 saturated heterocycles. The lowest BCUT2D eigenvalue weighted by Gasteiger charge is -2.29. The Morgan fingerprint density at radius 3 is 2.89 bits per heavy atom. The smallest absolute Gasteiger partial charge is 0.248 e. The van der Waals surface area contributed by atoms with Crippen LogP contribution in [0.25, 0.3) is 0 Å². The van der Waals surface area contributed by atoms with Crippen molar-refractivity contribution in [3.8, 4) is 0 Å². The number of aryl methyl sites for hydroxylation is 1. The van der Waals surface area contributed by atoms with Crippen LogP contribution in [0.1, 0.15) is 28.8 Å². The normalized spacial score (nSPS) is 19.2. The molecule has 3 N–H and O–H groups in total. The van der Waals surface area contributed by atoms with E-state index in [0.717, 1.165) is 30.9 Å². The van der Waals surface area contributed by atoms with Gasteiger partial charge < -0.3 is 16.0 Å². The molecule has 0 radical (unpaired) electrons. The predicted octanol–water partition coefficient (Wildman–Crippen LogP) is 1.53. The third-order valence-corrected chi connectivity index (χ3v) is 3.85. The van der Waals surface area contributed by atoms with Crippen LogP contribution in [0.5, 0.6) is 0 Å². The molecule has 0 bridgehead atoms. The van der Waals surface area contributed by atoms with E-state index in [0.29, 0.717) is 11.5 Å². The Bertz CT molecular complexity index is 453. The maximum absolute atomic E-state index is 11.2. The molecule has 0 aromatic heterocycles. The van der Waals surface area contributed by atoms with Gasteiger partial charge in [0.15, 0.2) is 0 Å². The van der Waals surface area contributed by atoms with Crippen LogP contribution in [-0.2, 0) is 0 Å². The number of piperidine rings is 1. The molecular weight excluding hydrogens is 238 g/mol. The van der Waals surface area contributed by atoms with Crippen LogP contribution in [0.4, 0.5) is 5.69 Å². The van der Waals surface area contributed by atoms with Gasteiger partial charge in [0.25, 0.3) is 0 Å². The lowest BCUT2D eigenvalue weighted by molar-refractivity contribution is 0.0999. The Hall–Kier alpha value is -1.55. The fraction of sp³-hybridized carbons (Fsp3) is 0.533. The quantitative estimate of drug-likeness (QED) is 0.864. The standard InChI is InChI=1S/C15H23N3O/c1-11-8-13(5-6-14(11)15(16)19)18(2)10-12-4-3-7-17-9-12/h5-6,8,12,17H,3-4,7,9-10H2,1-2H3,(H2,16,19). The number of hydrogen-bond acceptors (Lipinski definition) is 3. The van der Waals surface area contributed by atoms with E-state index in [9.17, 15) is 4.79 Å². The van der Waals surface area contributed by atoms with Gasteiger partial charge in [0.05, 0.1) is 0 Å². The van der Waals surface area contributed by atoms with Gasteiger partial charge in [-0.25, -0.2) is 0 Å². The van der Waals surface area contributed by atoms with E-state index in [1.165, 1.54) is 12.8 Å². The van der Waals surface area contributed by atoms with E-state index in [1.807, 2.05) is 25.1 Å². The lowest BCUT2D eigenvalue weighted by atomic mass is 9.99. The molecule has 1 amide bonds. The van der Waals surface area contributed by atoms with E-state index in [-0.39, 0.29) is 5.91 Å². The molecule has 0 aliphatic carbocycles. The average Bonchev–Trinajstić information content (AvgIpc) is 2.39. The molecule has 104 valence electrons. The van der Waals surface area contributed by atoms with Gasteiger partial charge in [-0.1, -0.05) is 0 Å². The maximum atomic E-state index is 11.2. The summed E-state index contributed by atoms with van der Waals surface area (Å²) in [5.74, 6) is 0.345. The van der Waals surface area contributed by atoms with E-state index in [4.69, 9.17) is 5.73 Å². The minimum Gasteiger partial charge on any atom is -0.374 e. The fourth-order valence-electron chi connectivity index (χ4n) is 2.73. The first-order valence-electron chi connectivity index (χ1n) is 6.90. The summed E-state index contributed by atoms with van der Waals surface area (Å²) in [6.45, 7) is 5.22. The molecule has 4 heteroatoms. The zero-order valence-electron chi connectivity index (χ0n) is 11.8. The lowest BCUT2D eigenvalue weighted by Crippen LogP contribution is -2.36. The summed E-state index contributed by atoms with van der Waals surface area (Å²) < 4.78 is 0. The molecule has 1 aliphatic heterocycles. The number of nitrogens with zero attached hydrogens (tertiary/aromatic N) is 1. The second-order valence-electron chi connectivity index (χ2n) is 5.46. The summed E-state index contributed by atoms with van der Waals surface area (Å²) >= 11 is 0. The highest BCUT2D eigenvalue weighted by Crippen LogP contribution is 2.20. The van der Waals surface area contributed by atoms with Gasteiger partial charge in [-0.2, -0.15) is 0 Å². The molecule has 0 saturated carbocycles. The van der Waals surface area contributed by atoms with Crippen molar-refractivity contribution >= 4 is 11.6 Å². The number of anilines is 1. The highest BCUT2D eigenvalue weighted by Gasteiger charge is 2.16. The third kappa shape index (κ3) is 3.47. The first-order chi connectivity index (χ1) is 9.08. The van der Waals surface area contributed by atoms with Crippen molar-refractivity contribution in [2.45, 2.75) is 19.8 Å². The highest BCUT2D eigenvalue weighted by atomic mass is 16.1. The number of rotatable bonds is 4. The van der Waals surface area contributed by atoms with Crippen molar-refractivity contribution in [3.63, 3.8) is 0 Å². The number of amides is 1. The van der Waals surface area contributed by atoms with Crippen molar-refractivity contribution in [2.24, 2.45) is 11.7 Å². The molecule has 0 spiro atoms. The van der Waals surface area contributed by atoms with Crippen molar-refractivity contribution in [2.75, 3.05) is 31.6 Å². The van der Waals surface area contributed by atoms with Crippen molar-refractivity contribution < 1.29 is 4.79 Å². The molecular formula is C15H23N3O. The second kappa shape index (κ2) is 6.06. The molecule has 1 unspecified atom stereocenters. The summed E-state index contributed by atoms with van der Waals surface area (Å²) in [5, 5.41) is 3.44. The molecule has 1 aromatic carbocycles. The highest BCUT2D eigenvalue weighted by molar-refractivity contribution is 5.94. The zero-order valence-corrected chi connectivity index (χ0v) is 11.8. The number of nitrogens with two attached hydrogens (primary N) is 1. The van der Waals surface area contributed by atoms with Gasteiger partial charge in [-0.15, -0.1) is 0 Å². The van der Waals surface area contributed by atoms with E-state index in [2.05, 4.69) is 17.3 Å². The molecule has 1 fully saturated rings. The Labute approximate surface area is 115 Å². The Balaban J connectivity index is 2.04. The maximum Gasteiger partial charge on any atom is 0.248 e. The SMILES string of the molecule is Cc1cc(N(C)CC2CCCNC2)ccc1C(N)=O. The van der Waals surface area contributed by atoms with Crippen LogP contribution >= 0.6 is 0 Å². The van der Waals surface area contributed by atoms with Crippen LogP contribution in [-0.4, -0.2) is 32.6 Å². The van der Waals surface area contributed by atoms with Gasteiger partial charge in [0.1, 0.15) is 0 Å². The minimum absolute atomic E-state index is 0.358. The van der Waals surface area contributed by atoms with Gasteiger partial charge in [0.2, 0.25) is 5.91 Å². The zero-order chi connectivity index (χ0) is 13.8. The van der Waals surface area contributed by atoms with Crippen LogP contribution in [0.15, 0.2) is 18.2 Å². The topological polar surface area (TPSA) is 58.4 Å². The first kappa shape index (κ1) is 13.9. The monoisotopic (exact) mass is 261 g/mol. The number of hydrogen-bond donors (Lipinski definition) is 2. The van der Waals surface area contributed by atoms with Gasteiger partial charge in [-0.05, 0) is 62.5 Å². The first-order valence-corrected chi connectivity index (χ1v) is 6.90. The molecule has 1 aromatic rings. The van der Waals surface area contributed by atoms with Crippen LogP contribution < -0.4 is 16.0 Å². The molecule has 1 aliphatic rings. The molecule has 4 nitrogen and oxygen atoms in total. The van der Waals surface area contributed by atoms with Crippen molar-refractivity contribution in [1.29, 1.82) is 0 Å². The summed E-state index contributed by atoms with van der Waals surface area (Å²) in [7, 11) is 2.10. The van der Waals surface area contributed by atoms with E-state index < -0.39 is 0 Å². The third-order valence-electron chi connectivity index (χ3n) is 3.85. The second-order valence-corrected chi connectivity index (χ2v) is 5.46. The Kier molecular flexibility index (Phi) is 4.43. The van der Waals surface area contributed by atoms with Crippen LogP contribution in [0.2, 0.25) is 0 Å². The number of carbonyl (C=O) groups is 1. The Morgan fingerprint density at radius 1 is 1.53 bits per heavy atom. The van der Waals surface area contributed by atoms with E-state index >= 15 is 0 Å². The number of benzene rings is 1. The molecule has 19 heavy (non-hydrogen) atoms. The summed E-state index contributed by atoms with van der Waals surface area (Å²) in [5.41, 5.74) is 8.03. The molecule has 1 heterocycles. The average molecular weight is 261 g/mol. The summed E-state index contributed by atoms with van der Waals surface area (Å²) in [4.78, 5) is 13.5. The molecule has 1 atom stereocenters. The summed E-state index contributed by atoms with van der Waals surface area (Å²) in [6, 6.07) is 5.84. The number of carbonyl (C=O) groups excluding carboxylic acids is 1. The van der Waals surface area contributed by atoms with Crippen LogP contribution in [0.3, 0.4) is 0 Å². The van der Waals surface area contributed by atoms with Crippen molar-refractivity contribution in [1.82, 2.24) is 5.32 Å². The predicted molar refractivity (Wildman–Crippen MR) is 78.6 cm³/mol. The van der Waals surface area contributed by atoms with Gasteiger partial charge in [-0.3, -0.25) is 4.79 Å². The largest absolute Gasteiger partial charge is 0.374 e. The minimum atomic E-state index is -0.358. The molecule has 2 rings (SSSR count). The van der Waals surface area contributed by atoms with Crippen molar-refractivity contribution in [3.05, 3.63) is 29.3 Å². The number of nitrogens with one attached hydrogen (secondary N) is 1. The van der Waals surface area contributed by atoms with Gasteiger partial charge >= 0.3 is 0 Å². The number of primary amides is 1.